The Kier molecular flexibility index (Phi) is 4.97. The van der Waals surface area contributed by atoms with Crippen LogP contribution in [-0.2, 0) is 6.54 Å². The first-order valence-electron chi connectivity index (χ1n) is 7.20. The molecule has 0 aliphatic carbocycles. The fraction of sp³-hybridized carbons (Fsp3) is 0.562. The molecule has 1 heterocycles. The molecule has 3 nitrogen and oxygen atoms in total. The van der Waals surface area contributed by atoms with Gasteiger partial charge < -0.3 is 4.90 Å². The van der Waals surface area contributed by atoms with E-state index in [2.05, 4.69) is 17.0 Å². The van der Waals surface area contributed by atoms with Crippen LogP contribution in [0.5, 0.6) is 0 Å². The third kappa shape index (κ3) is 4.06. The number of nitrogens with zero attached hydrogens (tertiary/aromatic N) is 2. The molecule has 1 aromatic rings. The average Bonchev–Trinajstić information content (AvgIpc) is 2.67. The van der Waals surface area contributed by atoms with Crippen LogP contribution in [0.15, 0.2) is 24.3 Å². The van der Waals surface area contributed by atoms with E-state index < -0.39 is 0 Å². The van der Waals surface area contributed by atoms with E-state index in [-0.39, 0.29) is 5.91 Å². The number of benzene rings is 1. The first-order valence-corrected chi connectivity index (χ1v) is 7.20. The van der Waals surface area contributed by atoms with Crippen molar-refractivity contribution in [2.45, 2.75) is 32.2 Å². The molecule has 0 spiro atoms. The summed E-state index contributed by atoms with van der Waals surface area (Å²) in [5, 5.41) is 0. The van der Waals surface area contributed by atoms with Gasteiger partial charge in [0.2, 0.25) is 0 Å². The molecule has 1 saturated heterocycles. The summed E-state index contributed by atoms with van der Waals surface area (Å²) in [6, 6.07) is 8.05. The van der Waals surface area contributed by atoms with Crippen molar-refractivity contribution in [1.29, 1.82) is 0 Å². The van der Waals surface area contributed by atoms with Crippen molar-refractivity contribution < 1.29 is 4.79 Å². The van der Waals surface area contributed by atoms with Gasteiger partial charge in [0.25, 0.3) is 5.91 Å². The fourth-order valence-corrected chi connectivity index (χ4v) is 2.56. The molecule has 1 aromatic carbocycles. The molecular weight excluding hydrogens is 236 g/mol. The minimum Gasteiger partial charge on any atom is -0.345 e. The molecule has 19 heavy (non-hydrogen) atoms. The van der Waals surface area contributed by atoms with Crippen LogP contribution in [0.2, 0.25) is 0 Å². The number of carbonyl (C=O) groups is 1. The largest absolute Gasteiger partial charge is 0.345 e. The number of hydrogen-bond donors (Lipinski definition) is 0. The van der Waals surface area contributed by atoms with Crippen LogP contribution < -0.4 is 0 Å². The number of amides is 1. The Balaban J connectivity index is 1.96. The summed E-state index contributed by atoms with van der Waals surface area (Å²) >= 11 is 0. The van der Waals surface area contributed by atoms with Gasteiger partial charge in [0.05, 0.1) is 0 Å². The quantitative estimate of drug-likeness (QED) is 0.834. The monoisotopic (exact) mass is 260 g/mol. The second kappa shape index (κ2) is 6.71. The van der Waals surface area contributed by atoms with Gasteiger partial charge >= 0.3 is 0 Å². The first-order chi connectivity index (χ1) is 9.16. The predicted molar refractivity (Wildman–Crippen MR) is 78.2 cm³/mol. The van der Waals surface area contributed by atoms with Crippen molar-refractivity contribution in [1.82, 2.24) is 9.80 Å². The van der Waals surface area contributed by atoms with E-state index in [1.807, 2.05) is 12.1 Å². The van der Waals surface area contributed by atoms with Crippen molar-refractivity contribution in [3.8, 4) is 0 Å². The zero-order valence-corrected chi connectivity index (χ0v) is 12.1. The smallest absolute Gasteiger partial charge is 0.253 e. The lowest BCUT2D eigenvalue weighted by molar-refractivity contribution is 0.0827. The Bertz CT molecular complexity index is 403. The summed E-state index contributed by atoms with van der Waals surface area (Å²) in [5.74, 6) is 0.0707. The van der Waals surface area contributed by atoms with E-state index in [1.54, 1.807) is 19.0 Å². The molecule has 3 heteroatoms. The minimum absolute atomic E-state index is 0.0707. The topological polar surface area (TPSA) is 23.6 Å². The minimum atomic E-state index is 0.0707. The number of carbonyl (C=O) groups excluding carboxylic acids is 1. The Morgan fingerprint density at radius 3 is 2.16 bits per heavy atom. The lowest BCUT2D eigenvalue weighted by atomic mass is 10.1. The van der Waals surface area contributed by atoms with E-state index >= 15 is 0 Å². The van der Waals surface area contributed by atoms with Crippen LogP contribution >= 0.6 is 0 Å². The van der Waals surface area contributed by atoms with Gasteiger partial charge in [-0.3, -0.25) is 9.69 Å². The molecule has 0 unspecified atom stereocenters. The second-order valence-corrected chi connectivity index (χ2v) is 5.59. The molecule has 0 bridgehead atoms. The van der Waals surface area contributed by atoms with Gasteiger partial charge in [-0.05, 0) is 43.6 Å². The molecule has 0 saturated carbocycles. The van der Waals surface area contributed by atoms with Crippen LogP contribution in [-0.4, -0.2) is 42.9 Å². The van der Waals surface area contributed by atoms with E-state index in [4.69, 9.17) is 0 Å². The van der Waals surface area contributed by atoms with Crippen molar-refractivity contribution in [2.75, 3.05) is 27.2 Å². The van der Waals surface area contributed by atoms with E-state index in [0.29, 0.717) is 0 Å². The Hall–Kier alpha value is -1.35. The van der Waals surface area contributed by atoms with Crippen molar-refractivity contribution in [2.24, 2.45) is 0 Å². The summed E-state index contributed by atoms with van der Waals surface area (Å²) < 4.78 is 0. The molecule has 2 rings (SSSR count). The maximum absolute atomic E-state index is 11.8. The molecule has 0 radical (unpaired) electrons. The molecular formula is C16H24N2O. The maximum atomic E-state index is 11.8. The third-order valence-corrected chi connectivity index (χ3v) is 3.71. The molecule has 1 fully saturated rings. The summed E-state index contributed by atoms with van der Waals surface area (Å²) in [7, 11) is 3.57. The van der Waals surface area contributed by atoms with Gasteiger partial charge in [-0.1, -0.05) is 25.0 Å². The highest BCUT2D eigenvalue weighted by Gasteiger charge is 2.11. The SMILES string of the molecule is CN(C)C(=O)c1ccc(CN2CCCCCC2)cc1. The fourth-order valence-electron chi connectivity index (χ4n) is 2.56. The molecule has 0 aromatic heterocycles. The first kappa shape index (κ1) is 14.1. The van der Waals surface area contributed by atoms with Crippen molar-refractivity contribution in [3.05, 3.63) is 35.4 Å². The highest BCUT2D eigenvalue weighted by Crippen LogP contribution is 2.14. The van der Waals surface area contributed by atoms with Crippen molar-refractivity contribution in [3.63, 3.8) is 0 Å². The van der Waals surface area contributed by atoms with E-state index in [9.17, 15) is 4.79 Å². The summed E-state index contributed by atoms with van der Waals surface area (Å²) in [4.78, 5) is 15.9. The average molecular weight is 260 g/mol. The Morgan fingerprint density at radius 1 is 1.05 bits per heavy atom. The normalized spacial score (nSPS) is 16.9. The molecule has 1 amide bonds. The predicted octanol–water partition coefficient (Wildman–Crippen LogP) is 2.76. The maximum Gasteiger partial charge on any atom is 0.253 e. The summed E-state index contributed by atoms with van der Waals surface area (Å²) in [5.41, 5.74) is 2.07. The molecule has 1 aliphatic rings. The van der Waals surface area contributed by atoms with Crippen LogP contribution in [0.3, 0.4) is 0 Å². The standard InChI is InChI=1S/C16H24N2O/c1-17(2)16(19)15-9-7-14(8-10-15)13-18-11-5-3-4-6-12-18/h7-10H,3-6,11-13H2,1-2H3. The number of hydrogen-bond acceptors (Lipinski definition) is 2. The van der Waals surface area contributed by atoms with Gasteiger partial charge in [0, 0.05) is 26.2 Å². The van der Waals surface area contributed by atoms with Gasteiger partial charge in [-0.2, -0.15) is 0 Å². The zero-order valence-electron chi connectivity index (χ0n) is 12.1. The van der Waals surface area contributed by atoms with E-state index in [0.717, 1.165) is 12.1 Å². The summed E-state index contributed by atoms with van der Waals surface area (Å²) in [6.45, 7) is 3.42. The highest BCUT2D eigenvalue weighted by atomic mass is 16.2. The molecule has 0 N–H and O–H groups in total. The van der Waals surface area contributed by atoms with Crippen LogP contribution in [0.1, 0.15) is 41.6 Å². The zero-order chi connectivity index (χ0) is 13.7. The Morgan fingerprint density at radius 2 is 1.63 bits per heavy atom. The van der Waals surface area contributed by atoms with Crippen molar-refractivity contribution >= 4 is 5.91 Å². The molecule has 1 aliphatic heterocycles. The summed E-state index contributed by atoms with van der Waals surface area (Å²) in [6.07, 6.45) is 5.37. The van der Waals surface area contributed by atoms with E-state index in [1.165, 1.54) is 44.3 Å². The Labute approximate surface area is 116 Å². The van der Waals surface area contributed by atoms with Gasteiger partial charge in [0.15, 0.2) is 0 Å². The number of likely N-dealkylation sites (tertiary alicyclic amines) is 1. The lowest BCUT2D eigenvalue weighted by Gasteiger charge is -2.20. The van der Waals surface area contributed by atoms with Gasteiger partial charge in [-0.15, -0.1) is 0 Å². The van der Waals surface area contributed by atoms with Crippen LogP contribution in [0, 0.1) is 0 Å². The molecule has 104 valence electrons. The number of rotatable bonds is 3. The van der Waals surface area contributed by atoms with Crippen LogP contribution in [0.4, 0.5) is 0 Å². The lowest BCUT2D eigenvalue weighted by Crippen LogP contribution is -2.24. The van der Waals surface area contributed by atoms with Gasteiger partial charge in [-0.25, -0.2) is 0 Å². The third-order valence-electron chi connectivity index (χ3n) is 3.71. The molecule has 0 atom stereocenters. The van der Waals surface area contributed by atoms with Gasteiger partial charge in [0.1, 0.15) is 0 Å². The second-order valence-electron chi connectivity index (χ2n) is 5.59. The van der Waals surface area contributed by atoms with Crippen LogP contribution in [0.25, 0.3) is 0 Å². The highest BCUT2D eigenvalue weighted by molar-refractivity contribution is 5.93.